The van der Waals surface area contributed by atoms with Crippen LogP contribution in [-0.4, -0.2) is 23.8 Å². The molecule has 1 aliphatic carbocycles. The van der Waals surface area contributed by atoms with Crippen molar-refractivity contribution in [3.8, 4) is 0 Å². The highest BCUT2D eigenvalue weighted by atomic mass is 32.1. The number of rotatable bonds is 3. The van der Waals surface area contributed by atoms with Crippen LogP contribution in [0.3, 0.4) is 0 Å². The Bertz CT molecular complexity index is 774. The fraction of sp³-hybridized carbons (Fsp3) is 0.188. The molecule has 0 unspecified atom stereocenters. The van der Waals surface area contributed by atoms with Crippen LogP contribution in [0.1, 0.15) is 36.3 Å². The molecule has 2 aromatic rings. The summed E-state index contributed by atoms with van der Waals surface area (Å²) in [6.45, 7) is 1.76. The van der Waals surface area contributed by atoms with Crippen molar-refractivity contribution < 1.29 is 14.3 Å². The largest absolute Gasteiger partial charge is 0.464 e. The Labute approximate surface area is 126 Å². The summed E-state index contributed by atoms with van der Waals surface area (Å²) in [5.41, 5.74) is 2.98. The molecule has 0 radical (unpaired) electrons. The Balaban J connectivity index is 1.96. The van der Waals surface area contributed by atoms with Gasteiger partial charge < -0.3 is 4.74 Å². The minimum atomic E-state index is -0.511. The van der Waals surface area contributed by atoms with Crippen molar-refractivity contribution in [1.82, 2.24) is 4.98 Å². The molecule has 21 heavy (non-hydrogen) atoms. The lowest BCUT2D eigenvalue weighted by molar-refractivity contribution is 0.0594. The smallest absolute Gasteiger partial charge is 0.357 e. The number of nitrogens with zero attached hydrogens (tertiary/aromatic N) is 1. The highest BCUT2D eigenvalue weighted by Crippen LogP contribution is 2.31. The highest BCUT2D eigenvalue weighted by molar-refractivity contribution is 7.14. The first-order chi connectivity index (χ1) is 10.1. The molecule has 0 aliphatic heterocycles. The lowest BCUT2D eigenvalue weighted by Crippen LogP contribution is -2.06. The number of ketones is 1. The van der Waals surface area contributed by atoms with Crippen LogP contribution in [0.25, 0.3) is 5.57 Å². The van der Waals surface area contributed by atoms with Crippen LogP contribution in [0, 0.1) is 6.92 Å². The molecule has 0 fully saturated rings. The van der Waals surface area contributed by atoms with Gasteiger partial charge in [0.1, 0.15) is 0 Å². The van der Waals surface area contributed by atoms with Gasteiger partial charge in [-0.05, 0) is 24.5 Å². The van der Waals surface area contributed by atoms with E-state index in [4.69, 9.17) is 0 Å². The number of hydrogen-bond acceptors (Lipinski definition) is 5. The van der Waals surface area contributed by atoms with E-state index in [0.717, 1.165) is 17.5 Å². The molecule has 0 N–H and O–H groups in total. The first-order valence-electron chi connectivity index (χ1n) is 6.50. The zero-order valence-corrected chi connectivity index (χ0v) is 12.5. The summed E-state index contributed by atoms with van der Waals surface area (Å²) < 4.78 is 4.67. The molecule has 0 amide bonds. The second kappa shape index (κ2) is 5.26. The van der Waals surface area contributed by atoms with Crippen molar-refractivity contribution in [3.05, 3.63) is 57.0 Å². The normalized spacial score (nSPS) is 12.8. The van der Waals surface area contributed by atoms with Crippen molar-refractivity contribution in [2.75, 3.05) is 7.11 Å². The molecule has 0 saturated carbocycles. The van der Waals surface area contributed by atoms with Crippen LogP contribution in [0.5, 0.6) is 0 Å². The van der Waals surface area contributed by atoms with Crippen molar-refractivity contribution >= 4 is 28.7 Å². The molecule has 1 aromatic carbocycles. The number of aryl methyl sites for hydroxylation is 1. The van der Waals surface area contributed by atoms with Crippen LogP contribution in [0.4, 0.5) is 0 Å². The molecular formula is C16H13NO3S. The van der Waals surface area contributed by atoms with Crippen molar-refractivity contribution in [2.24, 2.45) is 0 Å². The van der Waals surface area contributed by atoms with Crippen molar-refractivity contribution in [3.63, 3.8) is 0 Å². The van der Waals surface area contributed by atoms with Gasteiger partial charge >= 0.3 is 5.97 Å². The van der Waals surface area contributed by atoms with Crippen LogP contribution >= 0.6 is 11.3 Å². The molecule has 3 rings (SSSR count). The number of Topliss-reactive ketones (excluding diaryl/α,β-unsaturated/α-hetero) is 1. The van der Waals surface area contributed by atoms with Crippen LogP contribution < -0.4 is 0 Å². The molecule has 0 saturated heterocycles. The third kappa shape index (κ3) is 2.29. The maximum Gasteiger partial charge on any atom is 0.357 e. The van der Waals surface area contributed by atoms with E-state index >= 15 is 0 Å². The summed E-state index contributed by atoms with van der Waals surface area (Å²) >= 11 is 1.23. The quantitative estimate of drug-likeness (QED) is 0.645. The number of benzene rings is 1. The topological polar surface area (TPSA) is 56.3 Å². The zero-order chi connectivity index (χ0) is 15.0. The van der Waals surface area contributed by atoms with E-state index < -0.39 is 5.97 Å². The van der Waals surface area contributed by atoms with E-state index in [2.05, 4.69) is 9.72 Å². The third-order valence-corrected chi connectivity index (χ3v) is 4.42. The van der Waals surface area contributed by atoms with Gasteiger partial charge in [0.15, 0.2) is 10.7 Å². The number of methoxy groups -OCH3 is 1. The molecule has 4 nitrogen and oxygen atoms in total. The molecular weight excluding hydrogens is 286 g/mol. The van der Waals surface area contributed by atoms with Crippen LogP contribution in [0.15, 0.2) is 30.3 Å². The van der Waals surface area contributed by atoms with Gasteiger partial charge in [-0.2, -0.15) is 0 Å². The van der Waals surface area contributed by atoms with Gasteiger partial charge in [0.2, 0.25) is 5.78 Å². The fourth-order valence-corrected chi connectivity index (χ4v) is 3.25. The van der Waals surface area contributed by atoms with Gasteiger partial charge in [0.25, 0.3) is 0 Å². The number of esters is 1. The Morgan fingerprint density at radius 1 is 1.29 bits per heavy atom. The number of carbonyl (C=O) groups excluding carboxylic acids is 2. The maximum atomic E-state index is 12.6. The molecule has 0 spiro atoms. The number of ether oxygens (including phenoxy) is 1. The van der Waals surface area contributed by atoms with Crippen molar-refractivity contribution in [1.29, 1.82) is 0 Å². The average molecular weight is 299 g/mol. The summed E-state index contributed by atoms with van der Waals surface area (Å²) in [7, 11) is 1.30. The minimum absolute atomic E-state index is 0.136. The number of carbonyl (C=O) groups is 2. The van der Waals surface area contributed by atoms with E-state index in [9.17, 15) is 9.59 Å². The SMILES string of the molecule is COC(=O)c1nc(C(=O)C2=CCc3ccccc32)sc1C. The molecule has 1 heterocycles. The Kier molecular flexibility index (Phi) is 3.43. The monoisotopic (exact) mass is 299 g/mol. The molecule has 1 aromatic heterocycles. The second-order valence-electron chi connectivity index (χ2n) is 4.72. The Morgan fingerprint density at radius 2 is 2.05 bits per heavy atom. The van der Waals surface area contributed by atoms with Crippen LogP contribution in [0.2, 0.25) is 0 Å². The van der Waals surface area contributed by atoms with Crippen molar-refractivity contribution in [2.45, 2.75) is 13.3 Å². The lowest BCUT2D eigenvalue weighted by Gasteiger charge is -2.02. The first kappa shape index (κ1) is 13.7. The molecule has 5 heteroatoms. The Morgan fingerprint density at radius 3 is 2.81 bits per heavy atom. The van der Waals surface area contributed by atoms with Gasteiger partial charge in [-0.3, -0.25) is 4.79 Å². The summed E-state index contributed by atoms with van der Waals surface area (Å²) in [6.07, 6.45) is 2.67. The molecule has 106 valence electrons. The average Bonchev–Trinajstić information content (AvgIpc) is 3.09. The maximum absolute atomic E-state index is 12.6. The van der Waals surface area contributed by atoms with E-state index in [0.29, 0.717) is 15.5 Å². The fourth-order valence-electron chi connectivity index (χ4n) is 2.39. The summed E-state index contributed by atoms with van der Waals surface area (Å²) in [5, 5.41) is 0.329. The van der Waals surface area contributed by atoms with Gasteiger partial charge in [-0.25, -0.2) is 9.78 Å². The Hall–Kier alpha value is -2.27. The predicted molar refractivity (Wildman–Crippen MR) is 80.6 cm³/mol. The lowest BCUT2D eigenvalue weighted by atomic mass is 10.0. The number of allylic oxidation sites excluding steroid dienone is 2. The summed E-state index contributed by atoms with van der Waals surface area (Å²) in [5.74, 6) is -0.646. The second-order valence-corrected chi connectivity index (χ2v) is 5.93. The molecule has 1 aliphatic rings. The van der Waals surface area contributed by atoms with Gasteiger partial charge in [-0.1, -0.05) is 30.3 Å². The van der Waals surface area contributed by atoms with E-state index in [1.54, 1.807) is 6.92 Å². The number of thiazole rings is 1. The van der Waals surface area contributed by atoms with Gasteiger partial charge in [0, 0.05) is 10.5 Å². The standard InChI is InChI=1S/C16H13NO3S/c1-9-13(16(19)20-2)17-15(21-9)14(18)12-8-7-10-5-3-4-6-11(10)12/h3-6,8H,7H2,1-2H3. The number of fused-ring (bicyclic) bond motifs is 1. The molecule has 0 bridgehead atoms. The number of aromatic nitrogens is 1. The first-order valence-corrected chi connectivity index (χ1v) is 7.32. The van der Waals surface area contributed by atoms with E-state index in [1.807, 2.05) is 30.3 Å². The predicted octanol–water partition coefficient (Wildman–Crippen LogP) is 3.06. The minimum Gasteiger partial charge on any atom is -0.464 e. The third-order valence-electron chi connectivity index (χ3n) is 3.45. The van der Waals surface area contributed by atoms with Gasteiger partial charge in [-0.15, -0.1) is 11.3 Å². The van der Waals surface area contributed by atoms with Crippen LogP contribution in [-0.2, 0) is 11.2 Å². The molecule has 0 atom stereocenters. The highest BCUT2D eigenvalue weighted by Gasteiger charge is 2.25. The summed E-state index contributed by atoms with van der Waals surface area (Å²) in [6, 6.07) is 7.83. The zero-order valence-electron chi connectivity index (χ0n) is 11.7. The number of hydrogen-bond donors (Lipinski definition) is 0. The van der Waals surface area contributed by atoms with E-state index in [1.165, 1.54) is 18.4 Å². The van der Waals surface area contributed by atoms with Gasteiger partial charge in [0.05, 0.1) is 7.11 Å². The summed E-state index contributed by atoms with van der Waals surface area (Å²) in [4.78, 5) is 29.0. The van der Waals surface area contributed by atoms with E-state index in [-0.39, 0.29) is 11.5 Å².